The lowest BCUT2D eigenvalue weighted by atomic mass is 10.1. The minimum Gasteiger partial charge on any atom is -0.480 e. The van der Waals surface area contributed by atoms with Crippen molar-refractivity contribution < 1.29 is 14.7 Å². The van der Waals surface area contributed by atoms with Crippen molar-refractivity contribution >= 4 is 11.9 Å². The molecule has 1 atom stereocenters. The van der Waals surface area contributed by atoms with Crippen molar-refractivity contribution in [2.24, 2.45) is 0 Å². The molecule has 0 aliphatic rings. The fraction of sp³-hybridized carbons (Fsp3) is 0.429. The lowest BCUT2D eigenvalue weighted by Crippen LogP contribution is -2.41. The molecule has 0 fully saturated rings. The summed E-state index contributed by atoms with van der Waals surface area (Å²) in [5, 5.41) is 11.5. The molecule has 0 heterocycles. The highest BCUT2D eigenvalue weighted by Gasteiger charge is 2.18. The molecule has 0 aliphatic carbocycles. The van der Waals surface area contributed by atoms with E-state index in [4.69, 9.17) is 5.11 Å². The van der Waals surface area contributed by atoms with Crippen molar-refractivity contribution in [3.05, 3.63) is 35.4 Å². The zero-order valence-corrected chi connectivity index (χ0v) is 10.8. The highest BCUT2D eigenvalue weighted by atomic mass is 16.4. The van der Waals surface area contributed by atoms with Gasteiger partial charge in [0.25, 0.3) is 0 Å². The van der Waals surface area contributed by atoms with E-state index in [0.717, 1.165) is 17.5 Å². The summed E-state index contributed by atoms with van der Waals surface area (Å²) in [7, 11) is 0. The van der Waals surface area contributed by atoms with Crippen LogP contribution in [-0.4, -0.2) is 23.0 Å². The molecule has 0 radical (unpaired) electrons. The fourth-order valence-corrected chi connectivity index (χ4v) is 1.77. The number of aliphatic carboxylic acids is 1. The van der Waals surface area contributed by atoms with E-state index in [2.05, 4.69) is 5.32 Å². The summed E-state index contributed by atoms with van der Waals surface area (Å²) in [5.41, 5.74) is 1.96. The molecule has 0 unspecified atom stereocenters. The van der Waals surface area contributed by atoms with Crippen molar-refractivity contribution in [1.82, 2.24) is 5.32 Å². The Hall–Kier alpha value is -1.84. The van der Waals surface area contributed by atoms with Gasteiger partial charge < -0.3 is 10.4 Å². The number of rotatable bonds is 6. The SMILES string of the molecule is CCC[C@H](NC(=O)Cc1ccccc1C)C(=O)O. The van der Waals surface area contributed by atoms with Crippen molar-refractivity contribution in [1.29, 1.82) is 0 Å². The molecule has 18 heavy (non-hydrogen) atoms. The number of hydrogen-bond donors (Lipinski definition) is 2. The van der Waals surface area contributed by atoms with E-state index in [1.165, 1.54) is 0 Å². The normalized spacial score (nSPS) is 11.9. The van der Waals surface area contributed by atoms with Gasteiger partial charge in [-0.3, -0.25) is 4.79 Å². The predicted molar refractivity (Wildman–Crippen MR) is 69.4 cm³/mol. The topological polar surface area (TPSA) is 66.4 Å². The molecule has 4 nitrogen and oxygen atoms in total. The Morgan fingerprint density at radius 1 is 1.33 bits per heavy atom. The van der Waals surface area contributed by atoms with Crippen LogP contribution < -0.4 is 5.32 Å². The number of carboxylic acids is 1. The van der Waals surface area contributed by atoms with Crippen LogP contribution in [0.3, 0.4) is 0 Å². The molecule has 1 amide bonds. The molecule has 1 rings (SSSR count). The first-order chi connectivity index (χ1) is 8.54. The number of hydrogen-bond acceptors (Lipinski definition) is 2. The van der Waals surface area contributed by atoms with Gasteiger partial charge >= 0.3 is 5.97 Å². The zero-order valence-electron chi connectivity index (χ0n) is 10.8. The van der Waals surface area contributed by atoms with E-state index >= 15 is 0 Å². The standard InChI is InChI=1S/C14H19NO3/c1-3-6-12(14(17)18)15-13(16)9-11-8-5-4-7-10(11)2/h4-5,7-8,12H,3,6,9H2,1-2H3,(H,15,16)(H,17,18)/t12-/m0/s1. The second-order valence-electron chi connectivity index (χ2n) is 4.35. The van der Waals surface area contributed by atoms with Crippen LogP contribution in [0.4, 0.5) is 0 Å². The fourth-order valence-electron chi connectivity index (χ4n) is 1.77. The van der Waals surface area contributed by atoms with E-state index in [-0.39, 0.29) is 12.3 Å². The Kier molecular flexibility index (Phi) is 5.36. The Labute approximate surface area is 107 Å². The van der Waals surface area contributed by atoms with Crippen LogP contribution >= 0.6 is 0 Å². The molecule has 1 aromatic rings. The van der Waals surface area contributed by atoms with Gasteiger partial charge in [-0.25, -0.2) is 4.79 Å². The van der Waals surface area contributed by atoms with Gasteiger partial charge in [-0.05, 0) is 24.5 Å². The summed E-state index contributed by atoms with van der Waals surface area (Å²) in [6.07, 6.45) is 1.40. The molecule has 0 spiro atoms. The monoisotopic (exact) mass is 249 g/mol. The average Bonchev–Trinajstić information content (AvgIpc) is 2.31. The lowest BCUT2D eigenvalue weighted by Gasteiger charge is -2.14. The maximum absolute atomic E-state index is 11.8. The summed E-state index contributed by atoms with van der Waals surface area (Å²) >= 11 is 0. The number of carboxylic acid groups (broad SMARTS) is 1. The summed E-state index contributed by atoms with van der Waals surface area (Å²) in [6.45, 7) is 3.83. The first-order valence-corrected chi connectivity index (χ1v) is 6.11. The smallest absolute Gasteiger partial charge is 0.326 e. The van der Waals surface area contributed by atoms with Crippen molar-refractivity contribution in [2.75, 3.05) is 0 Å². The quantitative estimate of drug-likeness (QED) is 0.809. The third kappa shape index (κ3) is 4.20. The van der Waals surface area contributed by atoms with Gasteiger partial charge in [0.05, 0.1) is 6.42 Å². The van der Waals surface area contributed by atoms with Crippen LogP contribution in [0.2, 0.25) is 0 Å². The summed E-state index contributed by atoms with van der Waals surface area (Å²) in [5.74, 6) is -1.22. The van der Waals surface area contributed by atoms with Gasteiger partial charge in [-0.2, -0.15) is 0 Å². The van der Waals surface area contributed by atoms with Gasteiger partial charge in [-0.15, -0.1) is 0 Å². The van der Waals surface area contributed by atoms with E-state index in [0.29, 0.717) is 6.42 Å². The molecule has 0 aliphatic heterocycles. The predicted octanol–water partition coefficient (Wildman–Crippen LogP) is 1.91. The minimum absolute atomic E-state index is 0.222. The molecule has 4 heteroatoms. The van der Waals surface area contributed by atoms with Crippen LogP contribution in [0.5, 0.6) is 0 Å². The van der Waals surface area contributed by atoms with Crippen molar-refractivity contribution in [2.45, 2.75) is 39.2 Å². The van der Waals surface area contributed by atoms with Crippen LogP contribution in [0.1, 0.15) is 30.9 Å². The van der Waals surface area contributed by atoms with E-state index in [1.54, 1.807) is 0 Å². The number of carbonyl (C=O) groups excluding carboxylic acids is 1. The zero-order chi connectivity index (χ0) is 13.5. The van der Waals surface area contributed by atoms with Gasteiger partial charge in [0.2, 0.25) is 5.91 Å². The van der Waals surface area contributed by atoms with Gasteiger partial charge in [-0.1, -0.05) is 37.6 Å². The van der Waals surface area contributed by atoms with E-state index in [9.17, 15) is 9.59 Å². The Morgan fingerprint density at radius 2 is 2.00 bits per heavy atom. The van der Waals surface area contributed by atoms with Crippen molar-refractivity contribution in [3.8, 4) is 0 Å². The van der Waals surface area contributed by atoms with Crippen LogP contribution in [0.15, 0.2) is 24.3 Å². The lowest BCUT2D eigenvalue weighted by molar-refractivity contribution is -0.141. The first kappa shape index (κ1) is 14.2. The number of nitrogens with one attached hydrogen (secondary N) is 1. The third-order valence-corrected chi connectivity index (χ3v) is 2.82. The molecule has 1 aromatic carbocycles. The highest BCUT2D eigenvalue weighted by molar-refractivity contribution is 5.85. The Morgan fingerprint density at radius 3 is 2.56 bits per heavy atom. The first-order valence-electron chi connectivity index (χ1n) is 6.11. The van der Waals surface area contributed by atoms with E-state index < -0.39 is 12.0 Å². The molecule has 0 saturated carbocycles. The molecule has 0 bridgehead atoms. The highest BCUT2D eigenvalue weighted by Crippen LogP contribution is 2.08. The Bertz CT molecular complexity index is 429. The van der Waals surface area contributed by atoms with E-state index in [1.807, 2.05) is 38.1 Å². The van der Waals surface area contributed by atoms with Gasteiger partial charge in [0.1, 0.15) is 6.04 Å². The maximum Gasteiger partial charge on any atom is 0.326 e. The average molecular weight is 249 g/mol. The maximum atomic E-state index is 11.8. The van der Waals surface area contributed by atoms with Crippen LogP contribution in [0.25, 0.3) is 0 Å². The van der Waals surface area contributed by atoms with Gasteiger partial charge in [0.15, 0.2) is 0 Å². The summed E-state index contributed by atoms with van der Waals surface area (Å²) in [6, 6.07) is 6.81. The molecule has 0 aromatic heterocycles. The van der Waals surface area contributed by atoms with Crippen LogP contribution in [0, 0.1) is 6.92 Å². The summed E-state index contributed by atoms with van der Waals surface area (Å²) < 4.78 is 0. The number of amides is 1. The molecular weight excluding hydrogens is 230 g/mol. The van der Waals surface area contributed by atoms with Gasteiger partial charge in [0, 0.05) is 0 Å². The largest absolute Gasteiger partial charge is 0.480 e. The molecule has 98 valence electrons. The van der Waals surface area contributed by atoms with Crippen molar-refractivity contribution in [3.63, 3.8) is 0 Å². The molecule has 0 saturated heterocycles. The second kappa shape index (κ2) is 6.79. The number of aryl methyl sites for hydroxylation is 1. The number of benzene rings is 1. The van der Waals surface area contributed by atoms with Crippen LogP contribution in [-0.2, 0) is 16.0 Å². The minimum atomic E-state index is -0.977. The third-order valence-electron chi connectivity index (χ3n) is 2.82. The Balaban J connectivity index is 2.61. The second-order valence-corrected chi connectivity index (χ2v) is 4.35. The number of carbonyl (C=O) groups is 2. The molecule has 2 N–H and O–H groups in total. The molecular formula is C14H19NO3. The summed E-state index contributed by atoms with van der Waals surface area (Å²) in [4.78, 5) is 22.7.